The predicted octanol–water partition coefficient (Wildman–Crippen LogP) is 2.33. The van der Waals surface area contributed by atoms with Crippen molar-refractivity contribution in [1.29, 1.82) is 0 Å². The normalized spacial score (nSPS) is 10.1. The van der Waals surface area contributed by atoms with E-state index < -0.39 is 5.97 Å². The van der Waals surface area contributed by atoms with Gasteiger partial charge < -0.3 is 10.4 Å². The van der Waals surface area contributed by atoms with Crippen molar-refractivity contribution in [2.24, 2.45) is 0 Å². The van der Waals surface area contributed by atoms with E-state index in [4.69, 9.17) is 5.11 Å². The lowest BCUT2D eigenvalue weighted by atomic mass is 10.1. The lowest BCUT2D eigenvalue weighted by molar-refractivity contribution is -0.137. The monoisotopic (exact) mass is 229 g/mol. The van der Waals surface area contributed by atoms with Gasteiger partial charge in [-0.2, -0.15) is 0 Å². The number of nitrogens with one attached hydrogen (secondary N) is 1. The highest BCUT2D eigenvalue weighted by Gasteiger charge is 2.02. The molecule has 0 saturated carbocycles. The van der Waals surface area contributed by atoms with E-state index in [0.29, 0.717) is 12.8 Å². The number of carboxylic acids is 1. The van der Waals surface area contributed by atoms with Crippen molar-refractivity contribution in [2.45, 2.75) is 58.3 Å². The highest BCUT2D eigenvalue weighted by atomic mass is 16.4. The van der Waals surface area contributed by atoms with Crippen LogP contribution in [0.4, 0.5) is 0 Å². The van der Waals surface area contributed by atoms with Crippen molar-refractivity contribution >= 4 is 11.9 Å². The van der Waals surface area contributed by atoms with Gasteiger partial charge in [0.25, 0.3) is 0 Å². The summed E-state index contributed by atoms with van der Waals surface area (Å²) in [5.74, 6) is -0.871. The second kappa shape index (κ2) is 10.5. The Hall–Kier alpha value is -1.06. The fourth-order valence-electron chi connectivity index (χ4n) is 1.44. The number of carbonyl (C=O) groups is 2. The topological polar surface area (TPSA) is 66.4 Å². The minimum atomic E-state index is -0.840. The molecular formula is C12H23NO3. The summed E-state index contributed by atoms with van der Waals surface area (Å²) in [5.41, 5.74) is 0. The standard InChI is InChI=1S/C12H23NO3/c1-2-3-4-5-6-10-13-11(14)8-7-9-12(15)16/h2-10H2,1H3,(H,13,14)(H,15,16). The summed E-state index contributed by atoms with van der Waals surface area (Å²) >= 11 is 0. The number of unbranched alkanes of at least 4 members (excludes halogenated alkanes) is 4. The van der Waals surface area contributed by atoms with Gasteiger partial charge in [0.1, 0.15) is 0 Å². The van der Waals surface area contributed by atoms with E-state index in [1.165, 1.54) is 19.3 Å². The van der Waals surface area contributed by atoms with Gasteiger partial charge in [0.2, 0.25) is 5.91 Å². The molecule has 0 unspecified atom stereocenters. The van der Waals surface area contributed by atoms with Crippen LogP contribution in [0.25, 0.3) is 0 Å². The maximum absolute atomic E-state index is 11.2. The Morgan fingerprint density at radius 3 is 2.31 bits per heavy atom. The van der Waals surface area contributed by atoms with Crippen molar-refractivity contribution in [1.82, 2.24) is 5.32 Å². The van der Waals surface area contributed by atoms with Crippen LogP contribution in [0.3, 0.4) is 0 Å². The smallest absolute Gasteiger partial charge is 0.303 e. The van der Waals surface area contributed by atoms with Gasteiger partial charge in [0, 0.05) is 19.4 Å². The molecule has 0 saturated heterocycles. The van der Waals surface area contributed by atoms with Crippen molar-refractivity contribution in [3.8, 4) is 0 Å². The quantitative estimate of drug-likeness (QED) is 0.565. The summed E-state index contributed by atoms with van der Waals surface area (Å²) in [7, 11) is 0. The van der Waals surface area contributed by atoms with Crippen LogP contribution in [0.5, 0.6) is 0 Å². The van der Waals surface area contributed by atoms with E-state index in [1.54, 1.807) is 0 Å². The third kappa shape index (κ3) is 11.0. The van der Waals surface area contributed by atoms with Crippen molar-refractivity contribution in [3.63, 3.8) is 0 Å². The van der Waals surface area contributed by atoms with Crippen molar-refractivity contribution < 1.29 is 14.7 Å². The first kappa shape index (κ1) is 14.9. The SMILES string of the molecule is CCCCCCCNC(=O)CCCC(=O)O. The average Bonchev–Trinajstić information content (AvgIpc) is 2.22. The number of rotatable bonds is 10. The Balaban J connectivity index is 3.20. The molecule has 16 heavy (non-hydrogen) atoms. The Labute approximate surface area is 97.4 Å². The fraction of sp³-hybridized carbons (Fsp3) is 0.833. The van der Waals surface area contributed by atoms with Crippen LogP contribution in [-0.4, -0.2) is 23.5 Å². The minimum absolute atomic E-state index is 0.0308. The van der Waals surface area contributed by atoms with Gasteiger partial charge in [-0.05, 0) is 12.8 Å². The maximum atomic E-state index is 11.2. The zero-order chi connectivity index (χ0) is 12.2. The van der Waals surface area contributed by atoms with E-state index in [0.717, 1.165) is 19.4 Å². The van der Waals surface area contributed by atoms with Crippen LogP contribution in [-0.2, 0) is 9.59 Å². The summed E-state index contributed by atoms with van der Waals surface area (Å²) < 4.78 is 0. The van der Waals surface area contributed by atoms with Gasteiger partial charge in [-0.15, -0.1) is 0 Å². The number of carboxylic acid groups (broad SMARTS) is 1. The van der Waals surface area contributed by atoms with Gasteiger partial charge >= 0.3 is 5.97 Å². The predicted molar refractivity (Wildman–Crippen MR) is 63.3 cm³/mol. The van der Waals surface area contributed by atoms with E-state index in [1.807, 2.05) is 0 Å². The molecule has 0 aliphatic rings. The number of hydrogen-bond acceptors (Lipinski definition) is 2. The maximum Gasteiger partial charge on any atom is 0.303 e. The van der Waals surface area contributed by atoms with E-state index in [9.17, 15) is 9.59 Å². The Kier molecular flexibility index (Phi) is 9.76. The first-order chi connectivity index (χ1) is 7.66. The van der Waals surface area contributed by atoms with Crippen LogP contribution in [0.15, 0.2) is 0 Å². The Morgan fingerprint density at radius 1 is 1.00 bits per heavy atom. The third-order valence-electron chi connectivity index (χ3n) is 2.40. The largest absolute Gasteiger partial charge is 0.481 e. The molecule has 1 amide bonds. The van der Waals surface area contributed by atoms with Crippen LogP contribution in [0.1, 0.15) is 58.3 Å². The molecule has 0 aliphatic carbocycles. The number of aliphatic carboxylic acids is 1. The summed E-state index contributed by atoms with van der Waals surface area (Å²) in [6, 6.07) is 0. The molecular weight excluding hydrogens is 206 g/mol. The van der Waals surface area contributed by atoms with Crippen LogP contribution < -0.4 is 5.32 Å². The molecule has 0 heterocycles. The lowest BCUT2D eigenvalue weighted by Gasteiger charge is -2.04. The molecule has 0 atom stereocenters. The van der Waals surface area contributed by atoms with E-state index in [2.05, 4.69) is 12.2 Å². The summed E-state index contributed by atoms with van der Waals surface area (Å²) in [5, 5.41) is 11.2. The molecule has 0 aromatic rings. The second-order valence-electron chi connectivity index (χ2n) is 4.01. The van der Waals surface area contributed by atoms with Gasteiger partial charge in [-0.3, -0.25) is 9.59 Å². The molecule has 0 aromatic carbocycles. The molecule has 94 valence electrons. The van der Waals surface area contributed by atoms with Crippen molar-refractivity contribution in [2.75, 3.05) is 6.54 Å². The molecule has 0 radical (unpaired) electrons. The number of carbonyl (C=O) groups excluding carboxylic acids is 1. The van der Waals surface area contributed by atoms with Gasteiger partial charge in [-0.1, -0.05) is 32.6 Å². The lowest BCUT2D eigenvalue weighted by Crippen LogP contribution is -2.24. The van der Waals surface area contributed by atoms with Gasteiger partial charge in [0.05, 0.1) is 0 Å². The minimum Gasteiger partial charge on any atom is -0.481 e. The zero-order valence-electron chi connectivity index (χ0n) is 10.1. The Morgan fingerprint density at radius 2 is 1.69 bits per heavy atom. The molecule has 0 fully saturated rings. The Bertz CT molecular complexity index is 204. The molecule has 0 rings (SSSR count). The van der Waals surface area contributed by atoms with Crippen LogP contribution in [0.2, 0.25) is 0 Å². The first-order valence-electron chi connectivity index (χ1n) is 6.15. The summed E-state index contributed by atoms with van der Waals surface area (Å²) in [4.78, 5) is 21.4. The molecule has 4 nitrogen and oxygen atoms in total. The molecule has 2 N–H and O–H groups in total. The summed E-state index contributed by atoms with van der Waals surface area (Å²) in [6.07, 6.45) is 6.70. The van der Waals surface area contributed by atoms with Gasteiger partial charge in [-0.25, -0.2) is 0 Å². The number of hydrogen-bond donors (Lipinski definition) is 2. The molecule has 0 bridgehead atoms. The molecule has 0 aromatic heterocycles. The molecule has 0 aliphatic heterocycles. The van der Waals surface area contributed by atoms with E-state index in [-0.39, 0.29) is 12.3 Å². The fourth-order valence-corrected chi connectivity index (χ4v) is 1.44. The van der Waals surface area contributed by atoms with Gasteiger partial charge in [0.15, 0.2) is 0 Å². The third-order valence-corrected chi connectivity index (χ3v) is 2.40. The summed E-state index contributed by atoms with van der Waals surface area (Å²) in [6.45, 7) is 2.89. The first-order valence-corrected chi connectivity index (χ1v) is 6.15. The van der Waals surface area contributed by atoms with E-state index >= 15 is 0 Å². The average molecular weight is 229 g/mol. The molecule has 4 heteroatoms. The van der Waals surface area contributed by atoms with Crippen LogP contribution in [0, 0.1) is 0 Å². The highest BCUT2D eigenvalue weighted by Crippen LogP contribution is 2.01. The van der Waals surface area contributed by atoms with Crippen molar-refractivity contribution in [3.05, 3.63) is 0 Å². The molecule has 0 spiro atoms. The zero-order valence-corrected chi connectivity index (χ0v) is 10.1. The highest BCUT2D eigenvalue weighted by molar-refractivity contribution is 5.76. The second-order valence-corrected chi connectivity index (χ2v) is 4.01. The number of amides is 1. The van der Waals surface area contributed by atoms with Crippen LogP contribution >= 0.6 is 0 Å².